The van der Waals surface area contributed by atoms with Crippen LogP contribution in [-0.2, 0) is 9.53 Å². The number of nitrogens with zero attached hydrogens (tertiary/aromatic N) is 1. The molecule has 6 nitrogen and oxygen atoms in total. The average molecular weight is 396 g/mol. The fraction of sp³-hybridized carbons (Fsp3) is 0.391. The molecule has 0 aliphatic carbocycles. The largest absolute Gasteiger partial charge is 0.372 e. The van der Waals surface area contributed by atoms with Gasteiger partial charge in [-0.2, -0.15) is 0 Å². The Bertz CT molecular complexity index is 854. The molecule has 29 heavy (non-hydrogen) atoms. The SMILES string of the molecule is CCN(CC)c1ccc(NC(=O)c2ccc(NC(=O)[C@@H]3CCCO3)cc2)c(C)c1. The van der Waals surface area contributed by atoms with Gasteiger partial charge in [-0.05, 0) is 81.6 Å². The summed E-state index contributed by atoms with van der Waals surface area (Å²) in [4.78, 5) is 27.0. The van der Waals surface area contributed by atoms with Crippen molar-refractivity contribution in [1.29, 1.82) is 0 Å². The maximum Gasteiger partial charge on any atom is 0.255 e. The first kappa shape index (κ1) is 20.9. The quantitative estimate of drug-likeness (QED) is 0.737. The van der Waals surface area contributed by atoms with E-state index >= 15 is 0 Å². The summed E-state index contributed by atoms with van der Waals surface area (Å²) >= 11 is 0. The summed E-state index contributed by atoms with van der Waals surface area (Å²) in [6.45, 7) is 8.76. The zero-order chi connectivity index (χ0) is 20.8. The summed E-state index contributed by atoms with van der Waals surface area (Å²) < 4.78 is 5.38. The van der Waals surface area contributed by atoms with E-state index in [1.54, 1.807) is 24.3 Å². The highest BCUT2D eigenvalue weighted by molar-refractivity contribution is 6.05. The molecule has 2 aromatic carbocycles. The molecule has 2 aromatic rings. The molecular weight excluding hydrogens is 366 g/mol. The van der Waals surface area contributed by atoms with Gasteiger partial charge in [-0.25, -0.2) is 0 Å². The van der Waals surface area contributed by atoms with Crippen molar-refractivity contribution < 1.29 is 14.3 Å². The van der Waals surface area contributed by atoms with E-state index in [1.807, 2.05) is 19.1 Å². The third-order valence-corrected chi connectivity index (χ3v) is 5.22. The fourth-order valence-electron chi connectivity index (χ4n) is 3.48. The second kappa shape index (κ2) is 9.56. The van der Waals surface area contributed by atoms with Crippen LogP contribution in [0, 0.1) is 6.92 Å². The topological polar surface area (TPSA) is 70.7 Å². The minimum absolute atomic E-state index is 0.136. The van der Waals surface area contributed by atoms with Crippen molar-refractivity contribution in [2.24, 2.45) is 0 Å². The Labute approximate surface area is 172 Å². The standard InChI is InChI=1S/C23H29N3O3/c1-4-26(5-2)19-12-13-20(16(3)15-19)25-22(27)17-8-10-18(11-9-17)24-23(28)21-7-6-14-29-21/h8-13,15,21H,4-7,14H2,1-3H3,(H,24,28)(H,25,27)/t21-/m0/s1. The van der Waals surface area contributed by atoms with Crippen LogP contribution >= 0.6 is 0 Å². The van der Waals surface area contributed by atoms with E-state index in [4.69, 9.17) is 4.74 Å². The Kier molecular flexibility index (Phi) is 6.88. The summed E-state index contributed by atoms with van der Waals surface area (Å²) in [6, 6.07) is 12.9. The summed E-state index contributed by atoms with van der Waals surface area (Å²) in [6.07, 6.45) is 1.28. The van der Waals surface area contributed by atoms with E-state index < -0.39 is 0 Å². The number of carbonyl (C=O) groups excluding carboxylic acids is 2. The number of amides is 2. The molecule has 154 valence electrons. The number of hydrogen-bond acceptors (Lipinski definition) is 4. The predicted octanol–water partition coefficient (Wildman–Crippen LogP) is 4.21. The Hall–Kier alpha value is -2.86. The first-order valence-electron chi connectivity index (χ1n) is 10.2. The van der Waals surface area contributed by atoms with Crippen LogP contribution in [-0.4, -0.2) is 37.6 Å². The molecule has 0 unspecified atom stereocenters. The molecular formula is C23H29N3O3. The lowest BCUT2D eigenvalue weighted by molar-refractivity contribution is -0.124. The van der Waals surface area contributed by atoms with E-state index in [1.165, 1.54) is 0 Å². The van der Waals surface area contributed by atoms with E-state index in [2.05, 4.69) is 35.4 Å². The Morgan fingerprint density at radius 2 is 1.79 bits per heavy atom. The summed E-state index contributed by atoms with van der Waals surface area (Å²) in [5.74, 6) is -0.315. The van der Waals surface area contributed by atoms with Crippen molar-refractivity contribution in [3.05, 3.63) is 53.6 Å². The third-order valence-electron chi connectivity index (χ3n) is 5.22. The van der Waals surface area contributed by atoms with Crippen LogP contribution in [0.25, 0.3) is 0 Å². The molecule has 0 aromatic heterocycles. The van der Waals surface area contributed by atoms with Crippen LogP contribution in [0.15, 0.2) is 42.5 Å². The van der Waals surface area contributed by atoms with Gasteiger partial charge in [0.15, 0.2) is 0 Å². The molecule has 1 heterocycles. The van der Waals surface area contributed by atoms with E-state index in [0.29, 0.717) is 17.9 Å². The van der Waals surface area contributed by atoms with Crippen LogP contribution in [0.1, 0.15) is 42.6 Å². The summed E-state index contributed by atoms with van der Waals surface area (Å²) in [7, 11) is 0. The Balaban J connectivity index is 1.62. The smallest absolute Gasteiger partial charge is 0.255 e. The number of ether oxygens (including phenoxy) is 1. The Morgan fingerprint density at radius 3 is 2.38 bits per heavy atom. The molecule has 0 spiro atoms. The molecule has 0 saturated carbocycles. The van der Waals surface area contributed by atoms with Crippen molar-refractivity contribution in [3.8, 4) is 0 Å². The van der Waals surface area contributed by atoms with Gasteiger partial charge >= 0.3 is 0 Å². The maximum atomic E-state index is 12.6. The van der Waals surface area contributed by atoms with Crippen molar-refractivity contribution >= 4 is 28.9 Å². The number of aryl methyl sites for hydroxylation is 1. The lowest BCUT2D eigenvalue weighted by Crippen LogP contribution is -2.26. The van der Waals surface area contributed by atoms with Crippen LogP contribution in [0.3, 0.4) is 0 Å². The van der Waals surface area contributed by atoms with Gasteiger partial charge in [0.05, 0.1) is 0 Å². The van der Waals surface area contributed by atoms with Crippen molar-refractivity contribution in [2.45, 2.75) is 39.7 Å². The van der Waals surface area contributed by atoms with Crippen molar-refractivity contribution in [1.82, 2.24) is 0 Å². The van der Waals surface area contributed by atoms with Crippen LogP contribution < -0.4 is 15.5 Å². The third kappa shape index (κ3) is 5.15. The molecule has 1 aliphatic heterocycles. The minimum Gasteiger partial charge on any atom is -0.372 e. The van der Waals surface area contributed by atoms with Gasteiger partial charge in [0.2, 0.25) is 0 Å². The van der Waals surface area contributed by atoms with E-state index in [0.717, 1.165) is 42.9 Å². The summed E-state index contributed by atoms with van der Waals surface area (Å²) in [5, 5.41) is 5.81. The van der Waals surface area contributed by atoms with Gasteiger partial charge in [0, 0.05) is 42.3 Å². The van der Waals surface area contributed by atoms with E-state index in [-0.39, 0.29) is 17.9 Å². The second-order valence-corrected chi connectivity index (χ2v) is 7.19. The van der Waals surface area contributed by atoms with Gasteiger partial charge in [-0.15, -0.1) is 0 Å². The first-order valence-corrected chi connectivity index (χ1v) is 10.2. The van der Waals surface area contributed by atoms with Crippen molar-refractivity contribution in [2.75, 3.05) is 35.2 Å². The Morgan fingerprint density at radius 1 is 1.07 bits per heavy atom. The number of anilines is 3. The average Bonchev–Trinajstić information content (AvgIpc) is 3.26. The molecule has 1 fully saturated rings. The molecule has 1 atom stereocenters. The molecule has 0 bridgehead atoms. The number of hydrogen-bond donors (Lipinski definition) is 2. The van der Waals surface area contributed by atoms with Gasteiger partial charge in [-0.1, -0.05) is 0 Å². The normalized spacial score (nSPS) is 15.8. The lowest BCUT2D eigenvalue weighted by Gasteiger charge is -2.22. The molecule has 6 heteroatoms. The second-order valence-electron chi connectivity index (χ2n) is 7.19. The minimum atomic E-state index is -0.375. The monoisotopic (exact) mass is 395 g/mol. The van der Waals surface area contributed by atoms with E-state index in [9.17, 15) is 9.59 Å². The number of benzene rings is 2. The maximum absolute atomic E-state index is 12.6. The molecule has 0 radical (unpaired) electrons. The highest BCUT2D eigenvalue weighted by Crippen LogP contribution is 2.23. The fourth-order valence-corrected chi connectivity index (χ4v) is 3.48. The molecule has 2 amide bonds. The zero-order valence-corrected chi connectivity index (χ0v) is 17.3. The number of carbonyl (C=O) groups is 2. The zero-order valence-electron chi connectivity index (χ0n) is 17.3. The lowest BCUT2D eigenvalue weighted by atomic mass is 10.1. The van der Waals surface area contributed by atoms with Gasteiger partial charge in [0.1, 0.15) is 6.10 Å². The predicted molar refractivity (Wildman–Crippen MR) is 117 cm³/mol. The molecule has 2 N–H and O–H groups in total. The van der Waals surface area contributed by atoms with Crippen LogP contribution in [0.2, 0.25) is 0 Å². The van der Waals surface area contributed by atoms with Gasteiger partial charge < -0.3 is 20.3 Å². The molecule has 1 saturated heterocycles. The van der Waals surface area contributed by atoms with Crippen LogP contribution in [0.4, 0.5) is 17.1 Å². The highest BCUT2D eigenvalue weighted by atomic mass is 16.5. The number of rotatable bonds is 7. The number of nitrogens with one attached hydrogen (secondary N) is 2. The van der Waals surface area contributed by atoms with Gasteiger partial charge in [-0.3, -0.25) is 9.59 Å². The first-order chi connectivity index (χ1) is 14.0. The van der Waals surface area contributed by atoms with Crippen molar-refractivity contribution in [3.63, 3.8) is 0 Å². The van der Waals surface area contributed by atoms with Crippen LogP contribution in [0.5, 0.6) is 0 Å². The van der Waals surface area contributed by atoms with Gasteiger partial charge in [0.25, 0.3) is 11.8 Å². The molecule has 1 aliphatic rings. The summed E-state index contributed by atoms with van der Waals surface area (Å²) in [5.41, 5.74) is 4.15. The highest BCUT2D eigenvalue weighted by Gasteiger charge is 2.23. The molecule has 3 rings (SSSR count).